The third kappa shape index (κ3) is 3.55. The Morgan fingerprint density at radius 2 is 1.96 bits per heavy atom. The molecule has 0 amide bonds. The van der Waals surface area contributed by atoms with Gasteiger partial charge in [0.05, 0.1) is 11.3 Å². The quantitative estimate of drug-likeness (QED) is 0.560. The van der Waals surface area contributed by atoms with Crippen LogP contribution in [-0.4, -0.2) is 26.8 Å². The van der Waals surface area contributed by atoms with Gasteiger partial charge in [-0.2, -0.15) is 10.4 Å². The Morgan fingerprint density at radius 1 is 1.22 bits per heavy atom. The minimum absolute atomic E-state index is 0.0987. The number of hydrogen-bond donors (Lipinski definition) is 1. The Labute approximate surface area is 154 Å². The molecule has 1 aromatic carbocycles. The minimum Gasteiger partial charge on any atom is -0.478 e. The molecule has 2 heterocycles. The van der Waals surface area contributed by atoms with Gasteiger partial charge < -0.3 is 9.52 Å². The van der Waals surface area contributed by atoms with E-state index in [1.807, 2.05) is 6.07 Å². The molecular weight excluding hydrogens is 346 g/mol. The monoisotopic (exact) mass is 361 g/mol. The van der Waals surface area contributed by atoms with E-state index in [2.05, 4.69) is 5.10 Å². The zero-order valence-electron chi connectivity index (χ0n) is 14.6. The summed E-state index contributed by atoms with van der Waals surface area (Å²) < 4.78 is 6.80. The van der Waals surface area contributed by atoms with E-state index in [1.54, 1.807) is 50.2 Å². The van der Waals surface area contributed by atoms with Crippen LogP contribution in [0.2, 0.25) is 0 Å². The van der Waals surface area contributed by atoms with Crippen molar-refractivity contribution in [2.75, 3.05) is 0 Å². The van der Waals surface area contributed by atoms with Crippen LogP contribution < -0.4 is 0 Å². The van der Waals surface area contributed by atoms with Crippen molar-refractivity contribution in [1.82, 2.24) is 9.78 Å². The van der Waals surface area contributed by atoms with E-state index in [-0.39, 0.29) is 16.9 Å². The predicted octanol–water partition coefficient (Wildman–Crippen LogP) is 3.71. The summed E-state index contributed by atoms with van der Waals surface area (Å²) in [5.74, 6) is -1.05. The summed E-state index contributed by atoms with van der Waals surface area (Å²) in [6.45, 7) is 3.48. The van der Waals surface area contributed by atoms with Crippen LogP contribution in [0.5, 0.6) is 0 Å². The maximum atomic E-state index is 12.5. The van der Waals surface area contributed by atoms with Gasteiger partial charge in [0.1, 0.15) is 23.2 Å². The molecule has 0 radical (unpaired) electrons. The van der Waals surface area contributed by atoms with Gasteiger partial charge in [0.15, 0.2) is 0 Å². The summed E-state index contributed by atoms with van der Waals surface area (Å²) in [4.78, 5) is 23.9. The van der Waals surface area contributed by atoms with Gasteiger partial charge in [0, 0.05) is 17.3 Å². The van der Waals surface area contributed by atoms with Crippen molar-refractivity contribution in [1.29, 1.82) is 5.26 Å². The van der Waals surface area contributed by atoms with Crippen molar-refractivity contribution in [2.24, 2.45) is 0 Å². The molecular formula is C20H15N3O4. The van der Waals surface area contributed by atoms with E-state index in [1.165, 1.54) is 12.1 Å². The van der Waals surface area contributed by atoms with Crippen LogP contribution in [0.15, 0.2) is 52.5 Å². The number of carbonyl (C=O) groups excluding carboxylic acids is 1. The van der Waals surface area contributed by atoms with E-state index in [9.17, 15) is 20.0 Å². The lowest BCUT2D eigenvalue weighted by Gasteiger charge is -2.02. The second kappa shape index (κ2) is 7.14. The second-order valence-corrected chi connectivity index (χ2v) is 5.87. The zero-order valence-corrected chi connectivity index (χ0v) is 14.6. The van der Waals surface area contributed by atoms with E-state index in [0.29, 0.717) is 22.7 Å². The summed E-state index contributed by atoms with van der Waals surface area (Å²) in [5, 5.41) is 22.7. The van der Waals surface area contributed by atoms with Crippen LogP contribution in [0, 0.1) is 25.2 Å². The van der Waals surface area contributed by atoms with Gasteiger partial charge in [-0.05, 0) is 38.1 Å². The number of aromatic nitrogens is 2. The molecule has 7 heteroatoms. The van der Waals surface area contributed by atoms with E-state index in [4.69, 9.17) is 4.42 Å². The lowest BCUT2D eigenvalue weighted by Crippen LogP contribution is -2.15. The Bertz CT molecular complexity index is 1110. The van der Waals surface area contributed by atoms with E-state index in [0.717, 1.165) is 4.68 Å². The summed E-state index contributed by atoms with van der Waals surface area (Å²) in [6.07, 6.45) is 1.31. The molecule has 0 atom stereocenters. The smallest absolute Gasteiger partial charge is 0.336 e. The van der Waals surface area contributed by atoms with Gasteiger partial charge >= 0.3 is 5.97 Å². The summed E-state index contributed by atoms with van der Waals surface area (Å²) in [7, 11) is 0. The number of aromatic carboxylic acids is 1. The Balaban J connectivity index is 1.96. The number of allylic oxidation sites excluding steroid dienone is 1. The molecule has 27 heavy (non-hydrogen) atoms. The van der Waals surface area contributed by atoms with Crippen LogP contribution in [-0.2, 0) is 0 Å². The van der Waals surface area contributed by atoms with Crippen molar-refractivity contribution in [2.45, 2.75) is 13.8 Å². The maximum Gasteiger partial charge on any atom is 0.336 e. The predicted molar refractivity (Wildman–Crippen MR) is 97.0 cm³/mol. The summed E-state index contributed by atoms with van der Waals surface area (Å²) in [5.41, 5.74) is 1.65. The zero-order chi connectivity index (χ0) is 19.6. The number of carboxylic acid groups (broad SMARTS) is 1. The minimum atomic E-state index is -1.07. The number of nitrogens with zero attached hydrogens (tertiary/aromatic N) is 3. The lowest BCUT2D eigenvalue weighted by molar-refractivity contribution is 0.0697. The van der Waals surface area contributed by atoms with E-state index >= 15 is 0 Å². The Hall–Kier alpha value is -3.92. The molecule has 1 N–H and O–H groups in total. The van der Waals surface area contributed by atoms with Crippen molar-refractivity contribution < 1.29 is 19.1 Å². The highest BCUT2D eigenvalue weighted by Crippen LogP contribution is 2.27. The molecule has 0 fully saturated rings. The van der Waals surface area contributed by atoms with Gasteiger partial charge in [0.25, 0.3) is 5.91 Å². The molecule has 0 bridgehead atoms. The number of furan rings is 1. The van der Waals surface area contributed by atoms with Crippen molar-refractivity contribution >= 4 is 18.0 Å². The molecule has 0 aliphatic heterocycles. The Kier molecular flexibility index (Phi) is 4.73. The molecule has 134 valence electrons. The Morgan fingerprint density at radius 3 is 2.59 bits per heavy atom. The maximum absolute atomic E-state index is 12.5. The fourth-order valence-electron chi connectivity index (χ4n) is 2.69. The molecule has 0 saturated heterocycles. The largest absolute Gasteiger partial charge is 0.478 e. The average molecular weight is 361 g/mol. The number of nitriles is 1. The molecule has 3 rings (SSSR count). The first-order chi connectivity index (χ1) is 12.9. The van der Waals surface area contributed by atoms with Crippen LogP contribution in [0.25, 0.3) is 17.4 Å². The van der Waals surface area contributed by atoms with Crippen LogP contribution in [0.1, 0.15) is 32.3 Å². The molecule has 0 aliphatic carbocycles. The first kappa shape index (κ1) is 17.9. The number of aryl methyl sites for hydroxylation is 2. The SMILES string of the molecule is Cc1cc(C)n(C(=O)/C(C#N)=C/c2ccc(-c3ccccc3C(=O)O)o2)n1. The van der Waals surface area contributed by atoms with Crippen LogP contribution in [0.4, 0.5) is 0 Å². The van der Waals surface area contributed by atoms with Crippen molar-refractivity contribution in [3.05, 3.63) is 70.7 Å². The number of hydrogen-bond acceptors (Lipinski definition) is 5. The second-order valence-electron chi connectivity index (χ2n) is 5.87. The van der Waals surface area contributed by atoms with Gasteiger partial charge in [-0.1, -0.05) is 18.2 Å². The normalized spacial score (nSPS) is 11.2. The van der Waals surface area contributed by atoms with Gasteiger partial charge in [0.2, 0.25) is 0 Å². The highest BCUT2D eigenvalue weighted by Gasteiger charge is 2.17. The highest BCUT2D eigenvalue weighted by atomic mass is 16.4. The number of carboxylic acids is 1. The topological polar surface area (TPSA) is 109 Å². The average Bonchev–Trinajstić information content (AvgIpc) is 3.25. The summed E-state index contributed by atoms with van der Waals surface area (Å²) in [6, 6.07) is 13.2. The lowest BCUT2D eigenvalue weighted by atomic mass is 10.1. The number of rotatable bonds is 4. The summed E-state index contributed by atoms with van der Waals surface area (Å²) >= 11 is 0. The number of benzene rings is 1. The van der Waals surface area contributed by atoms with Crippen molar-refractivity contribution in [3.63, 3.8) is 0 Å². The molecule has 0 spiro atoms. The fraction of sp³-hybridized carbons (Fsp3) is 0.100. The van der Waals surface area contributed by atoms with E-state index < -0.39 is 11.9 Å². The molecule has 0 saturated carbocycles. The molecule has 0 unspecified atom stereocenters. The number of carbonyl (C=O) groups is 2. The molecule has 2 aromatic heterocycles. The van der Waals surface area contributed by atoms with Gasteiger partial charge in [-0.3, -0.25) is 4.79 Å². The molecule has 0 aliphatic rings. The molecule has 3 aromatic rings. The fourth-order valence-corrected chi connectivity index (χ4v) is 2.69. The third-order valence-corrected chi connectivity index (χ3v) is 3.89. The van der Waals surface area contributed by atoms with Crippen molar-refractivity contribution in [3.8, 4) is 17.4 Å². The first-order valence-electron chi connectivity index (χ1n) is 8.03. The van der Waals surface area contributed by atoms with Gasteiger partial charge in [-0.25, -0.2) is 9.48 Å². The first-order valence-corrected chi connectivity index (χ1v) is 8.03. The standard InChI is InChI=1S/C20H15N3O4/c1-12-9-13(2)23(22-12)19(24)14(11-21)10-15-7-8-18(27-15)16-5-3-4-6-17(16)20(25)26/h3-10H,1-2H3,(H,25,26)/b14-10+. The third-order valence-electron chi connectivity index (χ3n) is 3.89. The van der Waals surface area contributed by atoms with Crippen LogP contribution in [0.3, 0.4) is 0 Å². The van der Waals surface area contributed by atoms with Gasteiger partial charge in [-0.15, -0.1) is 0 Å². The van der Waals surface area contributed by atoms with Crippen LogP contribution >= 0.6 is 0 Å². The molecule has 7 nitrogen and oxygen atoms in total. The highest BCUT2D eigenvalue weighted by molar-refractivity contribution is 6.03.